The number of carbonyl (C=O) groups is 1. The molecule has 7 nitrogen and oxygen atoms in total. The van der Waals surface area contributed by atoms with Crippen LogP contribution in [0.4, 0.5) is 5.69 Å². The van der Waals surface area contributed by atoms with Crippen LogP contribution in [0.3, 0.4) is 0 Å². The molecule has 1 aliphatic rings. The monoisotopic (exact) mass is 477 g/mol. The van der Waals surface area contributed by atoms with Crippen molar-refractivity contribution in [1.82, 2.24) is 9.88 Å². The zero-order valence-corrected chi connectivity index (χ0v) is 20.0. The summed E-state index contributed by atoms with van der Waals surface area (Å²) >= 11 is 0. The molecule has 0 bridgehead atoms. The summed E-state index contributed by atoms with van der Waals surface area (Å²) in [6, 6.07) is 18.8. The number of para-hydroxylation sites is 1. The molecule has 176 valence electrons. The Bertz CT molecular complexity index is 1320. The number of carbonyl (C=O) groups excluding carboxylic acids is 1. The molecule has 1 aliphatic heterocycles. The number of benzene rings is 2. The molecule has 0 atom stereocenters. The second-order valence-corrected chi connectivity index (χ2v) is 9.89. The van der Waals surface area contributed by atoms with Crippen LogP contribution in [0, 0.1) is 13.8 Å². The highest BCUT2D eigenvalue weighted by atomic mass is 32.2. The zero-order chi connectivity index (χ0) is 24.1. The lowest BCUT2D eigenvalue weighted by atomic mass is 10.1. The predicted octanol–water partition coefficient (Wildman–Crippen LogP) is 4.45. The lowest BCUT2D eigenvalue weighted by Gasteiger charge is -2.24. The van der Waals surface area contributed by atoms with Crippen LogP contribution in [-0.4, -0.2) is 37.4 Å². The van der Waals surface area contributed by atoms with Crippen molar-refractivity contribution in [2.75, 3.05) is 17.9 Å². The van der Waals surface area contributed by atoms with Gasteiger partial charge in [0.1, 0.15) is 5.76 Å². The third kappa shape index (κ3) is 5.63. The number of rotatable bonds is 8. The highest BCUT2D eigenvalue weighted by Gasteiger charge is 2.24. The second-order valence-electron chi connectivity index (χ2n) is 8.20. The summed E-state index contributed by atoms with van der Waals surface area (Å²) in [5, 5.41) is 0. The number of hydrogen-bond donors (Lipinski definition) is 1. The first kappa shape index (κ1) is 23.5. The molecule has 0 saturated heterocycles. The van der Waals surface area contributed by atoms with Crippen molar-refractivity contribution in [3.8, 4) is 0 Å². The number of ether oxygens (including phenoxy) is 1. The minimum absolute atomic E-state index is 0.130. The fraction of sp³-hybridized carbons (Fsp3) is 0.231. The standard InChI is InChI=1S/C26H27N3O4S/c1-19-12-14-23(15-13-19)34(31,32)28-25-11-4-3-10-24(25)26(30)29(18-22-9-6-16-33-22)17-21-8-5-7-20(2)27-21/h3-5,7-15,28H,6,16-18H2,1-2H3. The summed E-state index contributed by atoms with van der Waals surface area (Å²) in [5.74, 6) is 0.403. The molecule has 34 heavy (non-hydrogen) atoms. The maximum Gasteiger partial charge on any atom is 0.261 e. The number of nitrogens with zero attached hydrogens (tertiary/aromatic N) is 2. The molecule has 0 saturated carbocycles. The van der Waals surface area contributed by atoms with Crippen LogP contribution in [0.25, 0.3) is 0 Å². The normalized spacial score (nSPS) is 13.2. The number of anilines is 1. The van der Waals surface area contributed by atoms with Gasteiger partial charge in [-0.05, 0) is 56.3 Å². The van der Waals surface area contributed by atoms with E-state index in [0.29, 0.717) is 6.61 Å². The number of hydrogen-bond acceptors (Lipinski definition) is 5. The van der Waals surface area contributed by atoms with E-state index < -0.39 is 10.0 Å². The highest BCUT2D eigenvalue weighted by molar-refractivity contribution is 7.92. The van der Waals surface area contributed by atoms with Gasteiger partial charge in [-0.15, -0.1) is 0 Å². The zero-order valence-electron chi connectivity index (χ0n) is 19.2. The first-order valence-electron chi connectivity index (χ1n) is 11.0. The van der Waals surface area contributed by atoms with Crippen LogP contribution in [0.5, 0.6) is 0 Å². The molecular formula is C26H27N3O4S. The number of amides is 1. The Hall–Kier alpha value is -3.65. The Labute approximate surface area is 200 Å². The summed E-state index contributed by atoms with van der Waals surface area (Å²) in [5.41, 5.74) is 3.02. The van der Waals surface area contributed by atoms with E-state index in [4.69, 9.17) is 4.74 Å². The van der Waals surface area contributed by atoms with Gasteiger partial charge in [-0.25, -0.2) is 8.42 Å². The molecule has 0 unspecified atom stereocenters. The van der Waals surface area contributed by atoms with Gasteiger partial charge in [0, 0.05) is 12.1 Å². The molecule has 1 amide bonds. The lowest BCUT2D eigenvalue weighted by molar-refractivity contribution is 0.0726. The fourth-order valence-electron chi connectivity index (χ4n) is 3.70. The van der Waals surface area contributed by atoms with Gasteiger partial charge in [-0.1, -0.05) is 35.9 Å². The first-order chi connectivity index (χ1) is 16.3. The van der Waals surface area contributed by atoms with Crippen LogP contribution in [0.1, 0.15) is 33.7 Å². The number of nitrogens with one attached hydrogen (secondary N) is 1. The molecule has 0 spiro atoms. The molecule has 0 radical (unpaired) electrons. The van der Waals surface area contributed by atoms with Crippen LogP contribution in [0.15, 0.2) is 83.5 Å². The number of aryl methyl sites for hydroxylation is 2. The molecule has 2 heterocycles. The van der Waals surface area contributed by atoms with Crippen LogP contribution < -0.4 is 4.72 Å². The molecule has 1 N–H and O–H groups in total. The van der Waals surface area contributed by atoms with Crippen molar-refractivity contribution in [3.05, 3.63) is 101 Å². The van der Waals surface area contributed by atoms with Gasteiger partial charge in [-0.3, -0.25) is 14.5 Å². The van der Waals surface area contributed by atoms with E-state index in [9.17, 15) is 13.2 Å². The van der Waals surface area contributed by atoms with Crippen molar-refractivity contribution in [1.29, 1.82) is 0 Å². The van der Waals surface area contributed by atoms with E-state index in [-0.39, 0.29) is 35.1 Å². The van der Waals surface area contributed by atoms with Gasteiger partial charge in [-0.2, -0.15) is 0 Å². The van der Waals surface area contributed by atoms with Crippen molar-refractivity contribution in [2.45, 2.75) is 31.7 Å². The molecule has 4 rings (SSSR count). The number of pyridine rings is 1. The third-order valence-corrected chi connectivity index (χ3v) is 6.82. The summed E-state index contributed by atoms with van der Waals surface area (Å²) in [7, 11) is -3.87. The number of aromatic nitrogens is 1. The average Bonchev–Trinajstić information content (AvgIpc) is 3.32. The summed E-state index contributed by atoms with van der Waals surface area (Å²) in [6.45, 7) is 4.91. The minimum Gasteiger partial charge on any atom is -0.496 e. The SMILES string of the molecule is Cc1ccc(S(=O)(=O)Nc2ccccc2C(=O)N(CC2=CCCO2)Cc2cccc(C)n2)cc1. The summed E-state index contributed by atoms with van der Waals surface area (Å²) in [6.07, 6.45) is 2.77. The van der Waals surface area contributed by atoms with E-state index >= 15 is 0 Å². The summed E-state index contributed by atoms with van der Waals surface area (Å²) in [4.78, 5) is 20.0. The van der Waals surface area contributed by atoms with E-state index in [1.54, 1.807) is 53.4 Å². The van der Waals surface area contributed by atoms with Gasteiger partial charge < -0.3 is 9.64 Å². The molecule has 0 fully saturated rings. The predicted molar refractivity (Wildman–Crippen MR) is 131 cm³/mol. The summed E-state index contributed by atoms with van der Waals surface area (Å²) < 4.78 is 34.2. The second kappa shape index (κ2) is 10.1. The Morgan fingerprint density at radius 2 is 1.76 bits per heavy atom. The molecule has 1 aromatic heterocycles. The lowest BCUT2D eigenvalue weighted by Crippen LogP contribution is -2.33. The Kier molecular flexibility index (Phi) is 6.98. The van der Waals surface area contributed by atoms with Crippen molar-refractivity contribution in [2.24, 2.45) is 0 Å². The van der Waals surface area contributed by atoms with Crippen molar-refractivity contribution >= 4 is 21.6 Å². The van der Waals surface area contributed by atoms with Crippen LogP contribution in [0.2, 0.25) is 0 Å². The Morgan fingerprint density at radius 1 is 1.00 bits per heavy atom. The van der Waals surface area contributed by atoms with E-state index in [2.05, 4.69) is 9.71 Å². The number of sulfonamides is 1. The molecule has 3 aromatic rings. The smallest absolute Gasteiger partial charge is 0.261 e. The first-order valence-corrected chi connectivity index (χ1v) is 12.5. The fourth-order valence-corrected chi connectivity index (χ4v) is 4.78. The molecule has 8 heteroatoms. The van der Waals surface area contributed by atoms with E-state index in [0.717, 1.165) is 29.1 Å². The maximum absolute atomic E-state index is 13.7. The largest absolute Gasteiger partial charge is 0.496 e. The van der Waals surface area contributed by atoms with E-state index in [1.807, 2.05) is 38.1 Å². The minimum atomic E-state index is -3.87. The van der Waals surface area contributed by atoms with Gasteiger partial charge in [0.25, 0.3) is 15.9 Å². The Morgan fingerprint density at radius 3 is 2.47 bits per heavy atom. The van der Waals surface area contributed by atoms with Gasteiger partial charge in [0.2, 0.25) is 0 Å². The molecule has 0 aliphatic carbocycles. The topological polar surface area (TPSA) is 88.6 Å². The van der Waals surface area contributed by atoms with Crippen LogP contribution in [-0.2, 0) is 21.3 Å². The van der Waals surface area contributed by atoms with Gasteiger partial charge >= 0.3 is 0 Å². The third-order valence-electron chi connectivity index (χ3n) is 5.44. The van der Waals surface area contributed by atoms with Crippen LogP contribution >= 0.6 is 0 Å². The van der Waals surface area contributed by atoms with Gasteiger partial charge in [0.05, 0.1) is 41.5 Å². The van der Waals surface area contributed by atoms with Crippen molar-refractivity contribution in [3.63, 3.8) is 0 Å². The average molecular weight is 478 g/mol. The Balaban J connectivity index is 1.64. The van der Waals surface area contributed by atoms with Gasteiger partial charge in [0.15, 0.2) is 0 Å². The quantitative estimate of drug-likeness (QED) is 0.518. The highest BCUT2D eigenvalue weighted by Crippen LogP contribution is 2.24. The molecular weight excluding hydrogens is 450 g/mol. The van der Waals surface area contributed by atoms with Crippen molar-refractivity contribution < 1.29 is 17.9 Å². The van der Waals surface area contributed by atoms with E-state index in [1.165, 1.54) is 0 Å². The maximum atomic E-state index is 13.7. The molecule has 2 aromatic carbocycles.